The summed E-state index contributed by atoms with van der Waals surface area (Å²) in [6, 6.07) is 16.9. The van der Waals surface area contributed by atoms with E-state index < -0.39 is 5.97 Å². The minimum Gasteiger partial charge on any atom is -0.497 e. The largest absolute Gasteiger partial charge is 0.497 e. The summed E-state index contributed by atoms with van der Waals surface area (Å²) < 4.78 is 27.2. The molecule has 0 atom stereocenters. The van der Waals surface area contributed by atoms with Crippen LogP contribution in [0.25, 0.3) is 11.0 Å². The number of rotatable bonds is 6. The average molecular weight is 475 g/mol. The maximum absolute atomic E-state index is 12.9. The van der Waals surface area contributed by atoms with Crippen molar-refractivity contribution < 1.29 is 28.2 Å². The molecular weight excluding hydrogens is 448 g/mol. The van der Waals surface area contributed by atoms with Gasteiger partial charge in [-0.15, -0.1) is 0 Å². The zero-order valence-corrected chi connectivity index (χ0v) is 20.2. The number of benzene rings is 3. The topological polar surface area (TPSA) is 84.2 Å². The third-order valence-electron chi connectivity index (χ3n) is 5.46. The molecule has 1 aromatic heterocycles. The first-order chi connectivity index (χ1) is 16.7. The summed E-state index contributed by atoms with van der Waals surface area (Å²) in [5.74, 6) is 1.13. The molecule has 0 bridgehead atoms. The number of hydrogen-bond donors (Lipinski definition) is 0. The van der Waals surface area contributed by atoms with Gasteiger partial charge in [-0.25, -0.2) is 4.79 Å². The van der Waals surface area contributed by atoms with E-state index in [0.29, 0.717) is 22.6 Å². The lowest BCUT2D eigenvalue weighted by atomic mass is 9.87. The molecule has 35 heavy (non-hydrogen) atoms. The fourth-order valence-corrected chi connectivity index (χ4v) is 3.47. The molecule has 0 radical (unpaired) electrons. The number of ether oxygens (including phenoxy) is 4. The van der Waals surface area contributed by atoms with E-state index >= 15 is 0 Å². The first-order valence-electron chi connectivity index (χ1n) is 11.0. The standard InChI is InChI=1S/C28H26O7/c1-28(2,3)18-6-8-19(9-7-18)34-25-16-33-24-15-20(10-11-23(24)26(25)29)35-27(30)17-12-21(31-4)14-22(13-17)32-5/h6-16H,1-5H3. The highest BCUT2D eigenvalue weighted by Gasteiger charge is 2.16. The Labute approximate surface area is 202 Å². The van der Waals surface area contributed by atoms with Crippen LogP contribution >= 0.6 is 0 Å². The zero-order valence-electron chi connectivity index (χ0n) is 20.2. The van der Waals surface area contributed by atoms with Gasteiger partial charge in [-0.3, -0.25) is 4.79 Å². The van der Waals surface area contributed by atoms with Gasteiger partial charge in [-0.05, 0) is 47.4 Å². The van der Waals surface area contributed by atoms with E-state index in [4.69, 9.17) is 23.4 Å². The molecule has 3 aromatic carbocycles. The van der Waals surface area contributed by atoms with Crippen molar-refractivity contribution in [3.8, 4) is 28.7 Å². The Hall–Kier alpha value is -4.26. The maximum atomic E-state index is 12.9. The van der Waals surface area contributed by atoms with Crippen molar-refractivity contribution in [1.29, 1.82) is 0 Å². The second-order valence-electron chi connectivity index (χ2n) is 8.95. The summed E-state index contributed by atoms with van der Waals surface area (Å²) in [6.07, 6.45) is 1.25. The van der Waals surface area contributed by atoms with Crippen LogP contribution in [-0.4, -0.2) is 20.2 Å². The molecule has 7 heteroatoms. The number of methoxy groups -OCH3 is 2. The normalized spacial score (nSPS) is 11.2. The molecule has 0 saturated heterocycles. The monoisotopic (exact) mass is 474 g/mol. The number of fused-ring (bicyclic) bond motifs is 1. The Morgan fingerprint density at radius 3 is 2.03 bits per heavy atom. The van der Waals surface area contributed by atoms with Crippen molar-refractivity contribution in [2.75, 3.05) is 14.2 Å². The Morgan fingerprint density at radius 1 is 0.800 bits per heavy atom. The smallest absolute Gasteiger partial charge is 0.343 e. The number of carbonyl (C=O) groups is 1. The molecule has 0 spiro atoms. The van der Waals surface area contributed by atoms with Crippen LogP contribution in [0.3, 0.4) is 0 Å². The molecule has 0 fully saturated rings. The molecular formula is C28H26O7. The molecule has 0 aliphatic heterocycles. The quantitative estimate of drug-likeness (QED) is 0.246. The molecule has 180 valence electrons. The summed E-state index contributed by atoms with van der Waals surface area (Å²) in [5, 5.41) is 0.302. The molecule has 4 aromatic rings. The van der Waals surface area contributed by atoms with Crippen molar-refractivity contribution in [2.45, 2.75) is 26.2 Å². The predicted molar refractivity (Wildman–Crippen MR) is 132 cm³/mol. The fraction of sp³-hybridized carbons (Fsp3) is 0.214. The van der Waals surface area contributed by atoms with Gasteiger partial charge in [0.15, 0.2) is 0 Å². The second kappa shape index (κ2) is 9.54. The van der Waals surface area contributed by atoms with Crippen LogP contribution in [0.15, 0.2) is 76.1 Å². The SMILES string of the molecule is COc1cc(OC)cc(C(=O)Oc2ccc3c(=O)c(Oc4ccc(C(C)(C)C)cc4)coc3c2)c1. The van der Waals surface area contributed by atoms with Crippen molar-refractivity contribution in [2.24, 2.45) is 0 Å². The van der Waals surface area contributed by atoms with Gasteiger partial charge in [-0.1, -0.05) is 32.9 Å². The van der Waals surface area contributed by atoms with E-state index in [-0.39, 0.29) is 33.5 Å². The first-order valence-corrected chi connectivity index (χ1v) is 11.0. The van der Waals surface area contributed by atoms with Crippen LogP contribution in [0.2, 0.25) is 0 Å². The van der Waals surface area contributed by atoms with Crippen LogP contribution in [0.4, 0.5) is 0 Å². The van der Waals surface area contributed by atoms with Crippen LogP contribution in [0.5, 0.6) is 28.7 Å². The lowest BCUT2D eigenvalue weighted by molar-refractivity contribution is 0.0734. The molecule has 0 aliphatic rings. The van der Waals surface area contributed by atoms with Crippen molar-refractivity contribution in [3.05, 3.63) is 88.3 Å². The van der Waals surface area contributed by atoms with Gasteiger partial charge in [-0.2, -0.15) is 0 Å². The van der Waals surface area contributed by atoms with Gasteiger partial charge in [0.2, 0.25) is 11.2 Å². The summed E-state index contributed by atoms with van der Waals surface area (Å²) in [4.78, 5) is 25.6. The van der Waals surface area contributed by atoms with Gasteiger partial charge >= 0.3 is 5.97 Å². The molecule has 0 saturated carbocycles. The van der Waals surface area contributed by atoms with E-state index in [1.54, 1.807) is 18.2 Å². The highest BCUT2D eigenvalue weighted by molar-refractivity contribution is 5.92. The lowest BCUT2D eigenvalue weighted by Crippen LogP contribution is -2.10. The Balaban J connectivity index is 1.55. The van der Waals surface area contributed by atoms with Gasteiger partial charge in [0, 0.05) is 12.1 Å². The predicted octanol–water partition coefficient (Wildman–Crippen LogP) is 6.12. The Kier molecular flexibility index (Phi) is 6.51. The van der Waals surface area contributed by atoms with E-state index in [9.17, 15) is 9.59 Å². The van der Waals surface area contributed by atoms with Gasteiger partial charge in [0.05, 0.1) is 25.2 Å². The van der Waals surface area contributed by atoms with E-state index in [1.807, 2.05) is 24.3 Å². The number of esters is 1. The number of hydrogen-bond acceptors (Lipinski definition) is 7. The first kappa shape index (κ1) is 23.9. The maximum Gasteiger partial charge on any atom is 0.343 e. The average Bonchev–Trinajstić information content (AvgIpc) is 2.85. The summed E-state index contributed by atoms with van der Waals surface area (Å²) in [5.41, 5.74) is 1.36. The summed E-state index contributed by atoms with van der Waals surface area (Å²) >= 11 is 0. The highest BCUT2D eigenvalue weighted by Crippen LogP contribution is 2.28. The summed E-state index contributed by atoms with van der Waals surface area (Å²) in [7, 11) is 2.99. The van der Waals surface area contributed by atoms with E-state index in [0.717, 1.165) is 5.56 Å². The lowest BCUT2D eigenvalue weighted by Gasteiger charge is -2.19. The molecule has 4 rings (SSSR count). The molecule has 1 heterocycles. The number of carbonyl (C=O) groups excluding carboxylic acids is 1. The minimum absolute atomic E-state index is 0.0142. The van der Waals surface area contributed by atoms with Gasteiger partial charge in [0.25, 0.3) is 0 Å². The summed E-state index contributed by atoms with van der Waals surface area (Å²) in [6.45, 7) is 6.37. The third-order valence-corrected chi connectivity index (χ3v) is 5.46. The third kappa shape index (κ3) is 5.30. The van der Waals surface area contributed by atoms with Crippen LogP contribution in [0, 0.1) is 0 Å². The minimum atomic E-state index is -0.609. The molecule has 0 unspecified atom stereocenters. The molecule has 0 aliphatic carbocycles. The second-order valence-corrected chi connectivity index (χ2v) is 8.95. The molecule has 0 N–H and O–H groups in total. The van der Waals surface area contributed by atoms with Crippen LogP contribution < -0.4 is 24.4 Å². The Morgan fingerprint density at radius 2 is 1.43 bits per heavy atom. The zero-order chi connectivity index (χ0) is 25.2. The van der Waals surface area contributed by atoms with Gasteiger partial charge < -0.3 is 23.4 Å². The van der Waals surface area contributed by atoms with Crippen molar-refractivity contribution in [1.82, 2.24) is 0 Å². The van der Waals surface area contributed by atoms with Crippen molar-refractivity contribution >= 4 is 16.9 Å². The van der Waals surface area contributed by atoms with Crippen LogP contribution in [0.1, 0.15) is 36.7 Å². The van der Waals surface area contributed by atoms with Crippen LogP contribution in [-0.2, 0) is 5.41 Å². The molecule has 0 amide bonds. The fourth-order valence-electron chi connectivity index (χ4n) is 3.47. The van der Waals surface area contributed by atoms with E-state index in [2.05, 4.69) is 20.8 Å². The highest BCUT2D eigenvalue weighted by atomic mass is 16.5. The van der Waals surface area contributed by atoms with E-state index in [1.165, 1.54) is 38.7 Å². The Bertz CT molecular complexity index is 1400. The molecule has 7 nitrogen and oxygen atoms in total. The van der Waals surface area contributed by atoms with Crippen molar-refractivity contribution in [3.63, 3.8) is 0 Å². The van der Waals surface area contributed by atoms with Gasteiger partial charge in [0.1, 0.15) is 34.8 Å².